The summed E-state index contributed by atoms with van der Waals surface area (Å²) in [4.78, 5) is 24.8. The van der Waals surface area contributed by atoms with Crippen LogP contribution in [0.5, 0.6) is 0 Å². The smallest absolute Gasteiger partial charge is 0.247 e. The number of hydrogen-bond donors (Lipinski definition) is 1. The molecule has 1 atom stereocenters. The zero-order valence-electron chi connectivity index (χ0n) is 9.44. The molecule has 0 spiro atoms. The molecule has 1 fully saturated rings. The van der Waals surface area contributed by atoms with Crippen LogP contribution in [0.25, 0.3) is 0 Å². The Morgan fingerprint density at radius 3 is 2.76 bits per heavy atom. The van der Waals surface area contributed by atoms with Crippen LogP contribution in [-0.4, -0.2) is 29.8 Å². The molecule has 0 saturated carbocycles. The van der Waals surface area contributed by atoms with Crippen LogP contribution < -0.4 is 5.32 Å². The van der Waals surface area contributed by atoms with E-state index in [1.165, 1.54) is 4.90 Å². The first-order valence-electron chi connectivity index (χ1n) is 5.40. The Hall–Kier alpha value is -1.36. The van der Waals surface area contributed by atoms with Gasteiger partial charge in [-0.1, -0.05) is 12.1 Å². The van der Waals surface area contributed by atoms with Crippen LogP contribution >= 0.6 is 15.9 Å². The number of amides is 2. The summed E-state index contributed by atoms with van der Waals surface area (Å²) in [5.74, 6) is -0.109. The highest BCUT2D eigenvalue weighted by Gasteiger charge is 2.33. The van der Waals surface area contributed by atoms with Gasteiger partial charge in [0.15, 0.2) is 0 Å². The van der Waals surface area contributed by atoms with Crippen LogP contribution in [0.3, 0.4) is 0 Å². The van der Waals surface area contributed by atoms with Crippen LogP contribution in [0, 0.1) is 0 Å². The van der Waals surface area contributed by atoms with E-state index in [0.29, 0.717) is 12.8 Å². The van der Waals surface area contributed by atoms with Crippen LogP contribution in [0.1, 0.15) is 12.8 Å². The summed E-state index contributed by atoms with van der Waals surface area (Å²) >= 11 is 3.37. The molecular formula is C12H13BrN2O2. The van der Waals surface area contributed by atoms with Gasteiger partial charge in [0.1, 0.15) is 6.04 Å². The summed E-state index contributed by atoms with van der Waals surface area (Å²) in [5.41, 5.74) is 0.727. The molecule has 90 valence electrons. The van der Waals surface area contributed by atoms with Crippen molar-refractivity contribution >= 4 is 33.4 Å². The number of nitrogens with zero attached hydrogens (tertiary/aromatic N) is 1. The second kappa shape index (κ2) is 4.87. The van der Waals surface area contributed by atoms with E-state index in [9.17, 15) is 9.59 Å². The maximum Gasteiger partial charge on any atom is 0.247 e. The normalized spacial score (nSPS) is 19.5. The predicted octanol–water partition coefficient (Wildman–Crippen LogP) is 2.01. The van der Waals surface area contributed by atoms with Crippen molar-refractivity contribution in [1.82, 2.24) is 4.90 Å². The van der Waals surface area contributed by atoms with E-state index < -0.39 is 0 Å². The molecule has 1 N–H and O–H groups in total. The van der Waals surface area contributed by atoms with Crippen molar-refractivity contribution < 1.29 is 9.59 Å². The van der Waals surface area contributed by atoms with Crippen LogP contribution in [0.2, 0.25) is 0 Å². The minimum Gasteiger partial charge on any atom is -0.334 e. The molecule has 1 aliphatic heterocycles. The first-order chi connectivity index (χ1) is 8.09. The summed E-state index contributed by atoms with van der Waals surface area (Å²) in [5, 5.41) is 2.82. The third-order valence-electron chi connectivity index (χ3n) is 2.93. The van der Waals surface area contributed by atoms with Gasteiger partial charge in [-0.15, -0.1) is 0 Å². The summed E-state index contributed by atoms with van der Waals surface area (Å²) in [7, 11) is 1.67. The molecule has 1 saturated heterocycles. The molecule has 1 unspecified atom stereocenters. The Bertz CT molecular complexity index is 462. The van der Waals surface area contributed by atoms with Gasteiger partial charge in [0.2, 0.25) is 11.8 Å². The fourth-order valence-corrected chi connectivity index (χ4v) is 2.27. The number of carbonyl (C=O) groups excluding carboxylic acids is 2. The minimum absolute atomic E-state index is 0.0253. The Balaban J connectivity index is 2.08. The summed E-state index contributed by atoms with van der Waals surface area (Å²) in [6, 6.07) is 7.06. The summed E-state index contributed by atoms with van der Waals surface area (Å²) < 4.78 is 0.834. The molecule has 0 radical (unpaired) electrons. The molecule has 0 aliphatic carbocycles. The molecule has 5 heteroatoms. The van der Waals surface area contributed by atoms with E-state index in [1.807, 2.05) is 24.3 Å². The Labute approximate surface area is 108 Å². The number of nitrogens with one attached hydrogen (secondary N) is 1. The zero-order chi connectivity index (χ0) is 12.4. The molecule has 17 heavy (non-hydrogen) atoms. The Kier molecular flexibility index (Phi) is 3.47. The van der Waals surface area contributed by atoms with E-state index >= 15 is 0 Å². The number of likely N-dealkylation sites (tertiary alicyclic amines) is 1. The van der Waals surface area contributed by atoms with Crippen molar-refractivity contribution in [2.24, 2.45) is 0 Å². The third kappa shape index (κ3) is 2.49. The Morgan fingerprint density at radius 2 is 2.18 bits per heavy atom. The summed E-state index contributed by atoms with van der Waals surface area (Å²) in [6.07, 6.45) is 1.04. The van der Waals surface area contributed by atoms with Crippen LogP contribution in [-0.2, 0) is 9.59 Å². The van der Waals surface area contributed by atoms with Gasteiger partial charge < -0.3 is 10.2 Å². The highest BCUT2D eigenvalue weighted by molar-refractivity contribution is 9.10. The zero-order valence-corrected chi connectivity index (χ0v) is 11.0. The molecule has 0 aromatic heterocycles. The van der Waals surface area contributed by atoms with Gasteiger partial charge in [-0.25, -0.2) is 0 Å². The van der Waals surface area contributed by atoms with Gasteiger partial charge in [0.25, 0.3) is 0 Å². The van der Waals surface area contributed by atoms with Gasteiger partial charge in [-0.05, 0) is 34.5 Å². The predicted molar refractivity (Wildman–Crippen MR) is 68.6 cm³/mol. The minimum atomic E-state index is -0.352. The first-order valence-corrected chi connectivity index (χ1v) is 6.20. The molecular weight excluding hydrogens is 284 g/mol. The number of benzene rings is 1. The number of anilines is 1. The molecule has 1 aromatic carbocycles. The molecule has 4 nitrogen and oxygen atoms in total. The average Bonchev–Trinajstić information content (AvgIpc) is 2.63. The quantitative estimate of drug-likeness (QED) is 0.908. The highest BCUT2D eigenvalue weighted by atomic mass is 79.9. The maximum absolute atomic E-state index is 12.0. The van der Waals surface area contributed by atoms with Crippen LogP contribution in [0.4, 0.5) is 5.69 Å². The fourth-order valence-electron chi connectivity index (χ4n) is 1.89. The number of hydrogen-bond acceptors (Lipinski definition) is 2. The third-order valence-corrected chi connectivity index (χ3v) is 3.62. The highest BCUT2D eigenvalue weighted by Crippen LogP contribution is 2.23. The van der Waals surface area contributed by atoms with Crippen molar-refractivity contribution in [3.8, 4) is 0 Å². The van der Waals surface area contributed by atoms with Crippen molar-refractivity contribution in [2.75, 3.05) is 12.4 Å². The van der Waals surface area contributed by atoms with Crippen molar-refractivity contribution in [1.29, 1.82) is 0 Å². The lowest BCUT2D eigenvalue weighted by molar-refractivity contribution is -0.131. The summed E-state index contributed by atoms with van der Waals surface area (Å²) in [6.45, 7) is 0. The molecule has 1 aliphatic rings. The topological polar surface area (TPSA) is 49.4 Å². The first kappa shape index (κ1) is 12.1. The van der Waals surface area contributed by atoms with Gasteiger partial charge in [-0.3, -0.25) is 9.59 Å². The number of para-hydroxylation sites is 1. The molecule has 1 heterocycles. The SMILES string of the molecule is CN1C(=O)CCC1C(=O)Nc1ccccc1Br. The lowest BCUT2D eigenvalue weighted by atomic mass is 10.2. The van der Waals surface area contributed by atoms with E-state index in [1.54, 1.807) is 7.05 Å². The van der Waals surface area contributed by atoms with Crippen molar-refractivity contribution in [3.05, 3.63) is 28.7 Å². The molecule has 1 aromatic rings. The van der Waals surface area contributed by atoms with Crippen molar-refractivity contribution in [3.63, 3.8) is 0 Å². The van der Waals surface area contributed by atoms with E-state index in [-0.39, 0.29) is 17.9 Å². The number of halogens is 1. The largest absolute Gasteiger partial charge is 0.334 e. The number of carbonyl (C=O) groups is 2. The second-order valence-electron chi connectivity index (χ2n) is 4.03. The maximum atomic E-state index is 12.0. The van der Waals surface area contributed by atoms with Gasteiger partial charge in [0, 0.05) is 17.9 Å². The van der Waals surface area contributed by atoms with E-state index in [2.05, 4.69) is 21.2 Å². The molecule has 2 amide bonds. The molecule has 2 rings (SSSR count). The lowest BCUT2D eigenvalue weighted by Crippen LogP contribution is -2.38. The van der Waals surface area contributed by atoms with E-state index in [0.717, 1.165) is 10.2 Å². The number of rotatable bonds is 2. The standard InChI is InChI=1S/C12H13BrN2O2/c1-15-10(6-7-11(15)16)12(17)14-9-5-3-2-4-8(9)13/h2-5,10H,6-7H2,1H3,(H,14,17). The average molecular weight is 297 g/mol. The number of likely N-dealkylation sites (N-methyl/N-ethyl adjacent to an activating group) is 1. The fraction of sp³-hybridized carbons (Fsp3) is 0.333. The van der Waals surface area contributed by atoms with Gasteiger partial charge in [0.05, 0.1) is 5.69 Å². The Morgan fingerprint density at radius 1 is 1.47 bits per heavy atom. The monoisotopic (exact) mass is 296 g/mol. The second-order valence-corrected chi connectivity index (χ2v) is 4.88. The molecule has 0 bridgehead atoms. The van der Waals surface area contributed by atoms with Crippen LogP contribution in [0.15, 0.2) is 28.7 Å². The van der Waals surface area contributed by atoms with E-state index in [4.69, 9.17) is 0 Å². The van der Waals surface area contributed by atoms with Crippen molar-refractivity contribution in [2.45, 2.75) is 18.9 Å². The lowest BCUT2D eigenvalue weighted by Gasteiger charge is -2.19. The van der Waals surface area contributed by atoms with Gasteiger partial charge in [-0.2, -0.15) is 0 Å². The van der Waals surface area contributed by atoms with Gasteiger partial charge >= 0.3 is 0 Å².